The third-order valence-electron chi connectivity index (χ3n) is 3.45. The topological polar surface area (TPSA) is 3.24 Å². The molecule has 0 bridgehead atoms. The summed E-state index contributed by atoms with van der Waals surface area (Å²) in [5, 5.41) is 0. The molecule has 0 aliphatic heterocycles. The lowest BCUT2D eigenvalue weighted by Gasteiger charge is -2.37. The van der Waals surface area contributed by atoms with Gasteiger partial charge < -0.3 is 0 Å². The molecule has 1 rings (SSSR count). The molecule has 0 aliphatic carbocycles. The molecular weight excluding hydrogens is 182 g/mol. The summed E-state index contributed by atoms with van der Waals surface area (Å²) in [5.74, 6) is 0. The highest BCUT2D eigenvalue weighted by Gasteiger charge is 2.28. The van der Waals surface area contributed by atoms with E-state index in [1.165, 1.54) is 11.1 Å². The Labute approximate surface area is 93.4 Å². The molecule has 0 saturated carbocycles. The smallest absolute Gasteiger partial charge is 0.0423 e. The molecule has 0 heterocycles. The zero-order valence-corrected chi connectivity index (χ0v) is 10.2. The number of hydrogen-bond acceptors (Lipinski definition) is 1. The first-order valence-corrected chi connectivity index (χ1v) is 5.44. The Kier molecular flexibility index (Phi) is 3.70. The van der Waals surface area contributed by atoms with Crippen LogP contribution in [0.15, 0.2) is 36.9 Å². The zero-order chi connectivity index (χ0) is 11.5. The van der Waals surface area contributed by atoms with Gasteiger partial charge in [0.25, 0.3) is 0 Å². The second-order valence-corrected chi connectivity index (χ2v) is 4.37. The van der Waals surface area contributed by atoms with Crippen molar-refractivity contribution in [1.29, 1.82) is 0 Å². The van der Waals surface area contributed by atoms with Crippen molar-refractivity contribution >= 4 is 5.57 Å². The summed E-state index contributed by atoms with van der Waals surface area (Å²) in [6.45, 7) is 8.69. The molecule has 1 aromatic carbocycles. The molecule has 1 nitrogen and oxygen atoms in total. The standard InChI is InChI=1S/C14H21N/c1-6-14(3,15(4)5)12(2)13-10-8-7-9-11-13/h7-11H,2,6H2,1,3-5H3. The van der Waals surface area contributed by atoms with Crippen molar-refractivity contribution in [3.8, 4) is 0 Å². The molecule has 1 heteroatoms. The van der Waals surface area contributed by atoms with E-state index in [9.17, 15) is 0 Å². The van der Waals surface area contributed by atoms with Crippen molar-refractivity contribution in [2.24, 2.45) is 0 Å². The third kappa shape index (κ3) is 2.29. The minimum Gasteiger partial charge on any atom is -0.300 e. The molecule has 0 aromatic heterocycles. The van der Waals surface area contributed by atoms with Crippen LogP contribution in [0.3, 0.4) is 0 Å². The molecule has 0 saturated heterocycles. The first-order chi connectivity index (χ1) is 7.02. The van der Waals surface area contributed by atoms with Crippen molar-refractivity contribution in [3.63, 3.8) is 0 Å². The van der Waals surface area contributed by atoms with E-state index in [4.69, 9.17) is 0 Å². The number of benzene rings is 1. The Morgan fingerprint density at radius 1 is 1.27 bits per heavy atom. The molecule has 0 spiro atoms. The van der Waals surface area contributed by atoms with E-state index < -0.39 is 0 Å². The maximum absolute atomic E-state index is 4.25. The van der Waals surface area contributed by atoms with Gasteiger partial charge in [0.2, 0.25) is 0 Å². The van der Waals surface area contributed by atoms with Gasteiger partial charge in [-0.15, -0.1) is 0 Å². The number of likely N-dealkylation sites (N-methyl/N-ethyl adjacent to an activating group) is 1. The summed E-state index contributed by atoms with van der Waals surface area (Å²) < 4.78 is 0. The van der Waals surface area contributed by atoms with Crippen LogP contribution < -0.4 is 0 Å². The van der Waals surface area contributed by atoms with Crippen LogP contribution in [0, 0.1) is 0 Å². The number of nitrogens with zero attached hydrogens (tertiary/aromatic N) is 1. The summed E-state index contributed by atoms with van der Waals surface area (Å²) in [6, 6.07) is 10.4. The molecule has 1 aromatic rings. The minimum atomic E-state index is 0.0430. The summed E-state index contributed by atoms with van der Waals surface area (Å²) >= 11 is 0. The number of rotatable bonds is 4. The van der Waals surface area contributed by atoms with E-state index in [-0.39, 0.29) is 5.54 Å². The van der Waals surface area contributed by atoms with Gasteiger partial charge in [-0.25, -0.2) is 0 Å². The van der Waals surface area contributed by atoms with Crippen molar-refractivity contribution < 1.29 is 0 Å². The molecular formula is C14H21N. The van der Waals surface area contributed by atoms with E-state index >= 15 is 0 Å². The van der Waals surface area contributed by atoms with Gasteiger partial charge in [-0.1, -0.05) is 43.8 Å². The fourth-order valence-corrected chi connectivity index (χ4v) is 1.75. The quantitative estimate of drug-likeness (QED) is 0.724. The fourth-order valence-electron chi connectivity index (χ4n) is 1.75. The van der Waals surface area contributed by atoms with Crippen LogP contribution in [-0.2, 0) is 0 Å². The van der Waals surface area contributed by atoms with E-state index in [1.54, 1.807) is 0 Å². The Hall–Kier alpha value is -1.08. The summed E-state index contributed by atoms with van der Waals surface area (Å²) in [6.07, 6.45) is 1.06. The van der Waals surface area contributed by atoms with Crippen molar-refractivity contribution in [2.45, 2.75) is 25.8 Å². The Bertz CT molecular complexity index is 326. The van der Waals surface area contributed by atoms with Crippen LogP contribution in [0.5, 0.6) is 0 Å². The monoisotopic (exact) mass is 203 g/mol. The van der Waals surface area contributed by atoms with E-state index in [1.807, 2.05) is 6.07 Å². The van der Waals surface area contributed by atoms with Crippen molar-refractivity contribution in [3.05, 3.63) is 42.5 Å². The fraction of sp³-hybridized carbons (Fsp3) is 0.429. The van der Waals surface area contributed by atoms with Crippen LogP contribution in [0.2, 0.25) is 0 Å². The van der Waals surface area contributed by atoms with Gasteiger partial charge in [-0.3, -0.25) is 4.90 Å². The van der Waals surface area contributed by atoms with Gasteiger partial charge in [-0.05, 0) is 38.6 Å². The summed E-state index contributed by atoms with van der Waals surface area (Å²) in [7, 11) is 4.22. The number of hydrogen-bond donors (Lipinski definition) is 0. The van der Waals surface area contributed by atoms with E-state index in [0.717, 1.165) is 6.42 Å². The third-order valence-corrected chi connectivity index (χ3v) is 3.45. The molecule has 0 N–H and O–H groups in total. The molecule has 0 radical (unpaired) electrons. The molecule has 0 amide bonds. The molecule has 82 valence electrons. The molecule has 0 fully saturated rings. The highest BCUT2D eigenvalue weighted by Crippen LogP contribution is 2.31. The van der Waals surface area contributed by atoms with E-state index in [0.29, 0.717) is 0 Å². The predicted octanol–water partition coefficient (Wildman–Crippen LogP) is 3.43. The van der Waals surface area contributed by atoms with Crippen LogP contribution in [-0.4, -0.2) is 24.5 Å². The van der Waals surface area contributed by atoms with Crippen LogP contribution in [0.4, 0.5) is 0 Å². The van der Waals surface area contributed by atoms with Gasteiger partial charge in [-0.2, -0.15) is 0 Å². The SMILES string of the molecule is C=C(c1ccccc1)C(C)(CC)N(C)C. The van der Waals surface area contributed by atoms with Gasteiger partial charge in [0, 0.05) is 5.54 Å². The van der Waals surface area contributed by atoms with E-state index in [2.05, 4.69) is 63.7 Å². The lowest BCUT2D eigenvalue weighted by Crippen LogP contribution is -2.41. The molecule has 15 heavy (non-hydrogen) atoms. The van der Waals surface area contributed by atoms with Crippen LogP contribution in [0.25, 0.3) is 5.57 Å². The maximum Gasteiger partial charge on any atom is 0.0423 e. The van der Waals surface area contributed by atoms with Gasteiger partial charge >= 0.3 is 0 Å². The first-order valence-electron chi connectivity index (χ1n) is 5.44. The lowest BCUT2D eigenvalue weighted by atomic mass is 9.84. The second-order valence-electron chi connectivity index (χ2n) is 4.37. The zero-order valence-electron chi connectivity index (χ0n) is 10.2. The normalized spacial score (nSPS) is 15.0. The summed E-state index contributed by atoms with van der Waals surface area (Å²) in [4.78, 5) is 2.24. The van der Waals surface area contributed by atoms with Crippen LogP contribution >= 0.6 is 0 Å². The summed E-state index contributed by atoms with van der Waals surface area (Å²) in [5.41, 5.74) is 2.47. The van der Waals surface area contributed by atoms with Crippen molar-refractivity contribution in [2.75, 3.05) is 14.1 Å². The highest BCUT2D eigenvalue weighted by molar-refractivity contribution is 5.70. The predicted molar refractivity (Wildman–Crippen MR) is 67.9 cm³/mol. The average molecular weight is 203 g/mol. The van der Waals surface area contributed by atoms with Gasteiger partial charge in [0.05, 0.1) is 0 Å². The van der Waals surface area contributed by atoms with Crippen molar-refractivity contribution in [1.82, 2.24) is 4.90 Å². The molecule has 0 aliphatic rings. The highest BCUT2D eigenvalue weighted by atomic mass is 15.1. The maximum atomic E-state index is 4.25. The van der Waals surface area contributed by atoms with Gasteiger partial charge in [0.1, 0.15) is 0 Å². The largest absolute Gasteiger partial charge is 0.300 e. The van der Waals surface area contributed by atoms with Crippen LogP contribution in [0.1, 0.15) is 25.8 Å². The molecule has 1 unspecified atom stereocenters. The molecule has 1 atom stereocenters. The second kappa shape index (κ2) is 4.63. The Morgan fingerprint density at radius 2 is 1.80 bits per heavy atom. The Morgan fingerprint density at radius 3 is 2.20 bits per heavy atom. The Balaban J connectivity index is 3.03. The first kappa shape index (κ1) is 12.0. The average Bonchev–Trinajstić information content (AvgIpc) is 2.28. The van der Waals surface area contributed by atoms with Gasteiger partial charge in [0.15, 0.2) is 0 Å². The minimum absolute atomic E-state index is 0.0430. The lowest BCUT2D eigenvalue weighted by molar-refractivity contribution is 0.234.